The van der Waals surface area contributed by atoms with Gasteiger partial charge in [0.1, 0.15) is 6.61 Å². The van der Waals surface area contributed by atoms with E-state index < -0.39 is 52.1 Å². The molecule has 1 aromatic carbocycles. The number of hydrogen-bond acceptors (Lipinski definition) is 2. The summed E-state index contributed by atoms with van der Waals surface area (Å²) >= 11 is 0.841. The van der Waals surface area contributed by atoms with Crippen LogP contribution in [-0.2, 0) is 4.74 Å². The number of ether oxygens (including phenoxy) is 1. The maximum atomic E-state index is 13.6. The average Bonchev–Trinajstić information content (AvgIpc) is 2.58. The molecule has 0 aromatic heterocycles. The van der Waals surface area contributed by atoms with E-state index in [1.54, 1.807) is 0 Å². The highest BCUT2D eigenvalue weighted by atomic mass is 127. The van der Waals surface area contributed by atoms with E-state index in [-0.39, 0.29) is 5.56 Å². The van der Waals surface area contributed by atoms with Gasteiger partial charge in [-0.05, 0) is 34.7 Å². The number of hydrogen-bond donors (Lipinski definition) is 0. The van der Waals surface area contributed by atoms with Crippen LogP contribution in [0.3, 0.4) is 0 Å². The largest absolute Gasteiger partial charge is 0.460 e. The molecular formula is C15H8F11IO2. The minimum absolute atomic E-state index is 0.0925. The number of benzene rings is 1. The van der Waals surface area contributed by atoms with Crippen LogP contribution in [0, 0.1) is 0 Å². The molecule has 0 aliphatic heterocycles. The maximum absolute atomic E-state index is 13.6. The molecule has 0 atom stereocenters. The molecule has 0 amide bonds. The van der Waals surface area contributed by atoms with Gasteiger partial charge >= 0.3 is 35.8 Å². The molecule has 0 N–H and O–H groups in total. The predicted octanol–water partition coefficient (Wildman–Crippen LogP) is 6.27. The molecule has 0 unspecified atom stereocenters. The Morgan fingerprint density at radius 2 is 1.31 bits per heavy atom. The fraction of sp³-hybridized carbons (Fsp3) is 0.400. The van der Waals surface area contributed by atoms with Gasteiger partial charge in [-0.3, -0.25) is 0 Å². The lowest BCUT2D eigenvalue weighted by molar-refractivity contribution is -0.416. The maximum Gasteiger partial charge on any atom is 0.460 e. The summed E-state index contributed by atoms with van der Waals surface area (Å²) in [5.74, 6) is -29.4. The van der Waals surface area contributed by atoms with E-state index in [9.17, 15) is 53.1 Å². The minimum atomic E-state index is -7.49. The fourth-order valence-corrected chi connectivity index (χ4v) is 2.25. The van der Waals surface area contributed by atoms with Crippen molar-refractivity contribution in [2.75, 3.05) is 6.61 Å². The topological polar surface area (TPSA) is 26.3 Å². The summed E-state index contributed by atoms with van der Waals surface area (Å²) in [6.07, 6.45) is -8.20. The van der Waals surface area contributed by atoms with Gasteiger partial charge in [0.05, 0.1) is 5.56 Å². The molecule has 0 fully saturated rings. The number of rotatable bonds is 7. The molecule has 0 saturated carbocycles. The van der Waals surface area contributed by atoms with Crippen LogP contribution in [0.25, 0.3) is 0 Å². The van der Waals surface area contributed by atoms with Crippen molar-refractivity contribution in [1.29, 1.82) is 0 Å². The van der Waals surface area contributed by atoms with Crippen LogP contribution in [0.5, 0.6) is 0 Å². The molecule has 164 valence electrons. The van der Waals surface area contributed by atoms with Gasteiger partial charge in [-0.2, -0.15) is 48.3 Å². The van der Waals surface area contributed by atoms with E-state index in [4.69, 9.17) is 0 Å². The van der Waals surface area contributed by atoms with Crippen molar-refractivity contribution in [3.63, 3.8) is 0 Å². The smallest absolute Gasteiger partial charge is 0.457 e. The average molecular weight is 556 g/mol. The Hall–Kier alpha value is -1.61. The van der Waals surface area contributed by atoms with Crippen LogP contribution < -0.4 is 0 Å². The van der Waals surface area contributed by atoms with Gasteiger partial charge < -0.3 is 4.74 Å². The van der Waals surface area contributed by atoms with Gasteiger partial charge in [0.25, 0.3) is 0 Å². The number of allylic oxidation sites excluding steroid dienone is 1. The van der Waals surface area contributed by atoms with Crippen molar-refractivity contribution in [3.8, 4) is 0 Å². The van der Waals surface area contributed by atoms with Crippen LogP contribution in [0.2, 0.25) is 0 Å². The molecular weight excluding hydrogens is 548 g/mol. The molecule has 0 aliphatic carbocycles. The van der Waals surface area contributed by atoms with E-state index in [0.717, 1.165) is 22.6 Å². The first-order chi connectivity index (χ1) is 12.9. The molecule has 0 heterocycles. The van der Waals surface area contributed by atoms with E-state index in [2.05, 4.69) is 4.74 Å². The Morgan fingerprint density at radius 1 is 0.828 bits per heavy atom. The number of esters is 1. The lowest BCUT2D eigenvalue weighted by Gasteiger charge is -2.36. The number of alkyl halides is 11. The molecule has 1 aromatic rings. The second-order valence-electron chi connectivity index (χ2n) is 5.38. The predicted molar refractivity (Wildman–Crippen MR) is 84.7 cm³/mol. The van der Waals surface area contributed by atoms with Crippen LogP contribution >= 0.6 is 22.6 Å². The molecule has 0 bridgehead atoms. The summed E-state index contributed by atoms with van der Waals surface area (Å²) in [5.41, 5.74) is -0.0925. The number of carbonyl (C=O) groups excluding carboxylic acids is 1. The highest BCUT2D eigenvalue weighted by Gasteiger charge is 2.86. The second-order valence-corrected chi connectivity index (χ2v) is 6.76. The van der Waals surface area contributed by atoms with Crippen molar-refractivity contribution < 1.29 is 57.8 Å². The van der Waals surface area contributed by atoms with E-state index in [0.29, 0.717) is 0 Å². The quantitative estimate of drug-likeness (QED) is 0.225. The first-order valence-electron chi connectivity index (χ1n) is 7.06. The summed E-state index contributed by atoms with van der Waals surface area (Å²) in [4.78, 5) is 11.6. The van der Waals surface area contributed by atoms with Gasteiger partial charge in [-0.1, -0.05) is 18.2 Å². The lowest BCUT2D eigenvalue weighted by atomic mass is 9.98. The number of halogens is 12. The Balaban J connectivity index is 3.07. The monoisotopic (exact) mass is 556 g/mol. The van der Waals surface area contributed by atoms with Crippen molar-refractivity contribution in [2.24, 2.45) is 0 Å². The highest BCUT2D eigenvalue weighted by Crippen LogP contribution is 2.57. The second kappa shape index (κ2) is 8.26. The lowest BCUT2D eigenvalue weighted by Crippen LogP contribution is -2.66. The zero-order valence-electron chi connectivity index (χ0n) is 13.5. The van der Waals surface area contributed by atoms with Crippen LogP contribution in [-0.4, -0.2) is 42.4 Å². The van der Waals surface area contributed by atoms with Gasteiger partial charge in [-0.15, -0.1) is 0 Å². The summed E-state index contributed by atoms with van der Waals surface area (Å²) < 4.78 is 145. The normalized spacial score (nSPS) is 14.7. The van der Waals surface area contributed by atoms with Gasteiger partial charge in [0.15, 0.2) is 0 Å². The Morgan fingerprint density at radius 3 is 1.76 bits per heavy atom. The van der Waals surface area contributed by atoms with Gasteiger partial charge in [0, 0.05) is 9.66 Å². The van der Waals surface area contributed by atoms with Crippen LogP contribution in [0.4, 0.5) is 48.3 Å². The van der Waals surface area contributed by atoms with E-state index in [1.807, 2.05) is 0 Å². The van der Waals surface area contributed by atoms with Crippen LogP contribution in [0.15, 0.2) is 40.0 Å². The standard InChI is InChI=1S/C15H8F11IO2/c16-11(17,12(18,19)13(20,21)14(22,23)15(24,25)26)6-9(27)7-29-10(28)8-4-2-1-3-5-8/h1-6H,7H2. The first kappa shape index (κ1) is 25.4. The van der Waals surface area contributed by atoms with Gasteiger partial charge in [-0.25, -0.2) is 4.79 Å². The Labute approximate surface area is 168 Å². The van der Waals surface area contributed by atoms with Gasteiger partial charge in [0.2, 0.25) is 0 Å². The highest BCUT2D eigenvalue weighted by molar-refractivity contribution is 14.1. The summed E-state index contributed by atoms with van der Waals surface area (Å²) in [6, 6.07) is 6.72. The zero-order valence-corrected chi connectivity index (χ0v) is 15.7. The SMILES string of the molecule is O=C(OCC(I)=CC(F)(F)C(F)(F)C(F)(F)C(F)(F)C(F)(F)F)c1ccccc1. The third-order valence-corrected chi connectivity index (χ3v) is 3.87. The third kappa shape index (κ3) is 4.94. The van der Waals surface area contributed by atoms with E-state index in [1.165, 1.54) is 30.3 Å². The first-order valence-corrected chi connectivity index (χ1v) is 8.14. The molecule has 0 aliphatic rings. The van der Waals surface area contributed by atoms with E-state index >= 15 is 0 Å². The van der Waals surface area contributed by atoms with Crippen molar-refractivity contribution >= 4 is 28.6 Å². The molecule has 0 spiro atoms. The summed E-state index contributed by atoms with van der Waals surface area (Å²) in [5, 5.41) is 0. The van der Waals surface area contributed by atoms with Crippen molar-refractivity contribution in [2.45, 2.75) is 29.9 Å². The minimum Gasteiger partial charge on any atom is -0.457 e. The van der Waals surface area contributed by atoms with Crippen LogP contribution in [0.1, 0.15) is 10.4 Å². The third-order valence-electron chi connectivity index (χ3n) is 3.25. The molecule has 14 heteroatoms. The fourth-order valence-electron chi connectivity index (χ4n) is 1.71. The Bertz CT molecular complexity index is 757. The summed E-state index contributed by atoms with van der Waals surface area (Å²) in [7, 11) is 0. The summed E-state index contributed by atoms with van der Waals surface area (Å²) in [6.45, 7) is -1.17. The Kier molecular flexibility index (Phi) is 7.24. The molecule has 29 heavy (non-hydrogen) atoms. The molecule has 1 rings (SSSR count). The van der Waals surface area contributed by atoms with Crippen molar-refractivity contribution in [1.82, 2.24) is 0 Å². The molecule has 0 radical (unpaired) electrons. The zero-order chi connectivity index (χ0) is 22.9. The molecule has 2 nitrogen and oxygen atoms in total. The molecule has 0 saturated heterocycles. The number of carbonyl (C=O) groups is 1. The van der Waals surface area contributed by atoms with Crippen molar-refractivity contribution in [3.05, 3.63) is 45.6 Å².